The molecular weight excluding hydrogens is 416 g/mol. The van der Waals surface area contributed by atoms with Gasteiger partial charge in [-0.05, 0) is 24.3 Å². The van der Waals surface area contributed by atoms with Gasteiger partial charge < -0.3 is 23.8 Å². The molecule has 158 valence electrons. The van der Waals surface area contributed by atoms with E-state index in [1.807, 2.05) is 65.5 Å². The minimum Gasteiger partial charge on any atom is -0.490 e. The third-order valence-electron chi connectivity index (χ3n) is 5.16. The molecule has 0 aliphatic carbocycles. The van der Waals surface area contributed by atoms with Crippen LogP contribution >= 0.6 is 11.6 Å². The molecule has 31 heavy (non-hydrogen) atoms. The molecule has 5 rings (SSSR count). The molecule has 2 aromatic heterocycles. The minimum absolute atomic E-state index is 0.255. The molecule has 0 bridgehead atoms. The number of rotatable bonds is 7. The van der Waals surface area contributed by atoms with E-state index in [1.54, 1.807) is 18.9 Å². The van der Waals surface area contributed by atoms with Crippen LogP contribution in [0.5, 0.6) is 5.75 Å². The van der Waals surface area contributed by atoms with Crippen molar-refractivity contribution < 1.29 is 14.2 Å². The summed E-state index contributed by atoms with van der Waals surface area (Å²) >= 11 is 6.25. The highest BCUT2D eigenvalue weighted by Gasteiger charge is 2.44. The number of para-hydroxylation sites is 1. The number of hydrogen-bond donors (Lipinski definition) is 1. The number of H-pyrrole nitrogens is 1. The number of benzene rings is 2. The van der Waals surface area contributed by atoms with Crippen molar-refractivity contribution in [3.63, 3.8) is 0 Å². The van der Waals surface area contributed by atoms with Gasteiger partial charge in [0.25, 0.3) is 0 Å². The van der Waals surface area contributed by atoms with Crippen molar-refractivity contribution in [2.75, 3.05) is 13.2 Å². The van der Waals surface area contributed by atoms with Gasteiger partial charge in [-0.2, -0.15) is 0 Å². The monoisotopic (exact) mass is 436 g/mol. The summed E-state index contributed by atoms with van der Waals surface area (Å²) in [7, 11) is 0. The van der Waals surface area contributed by atoms with Gasteiger partial charge in [0.2, 0.25) is 5.79 Å². The first-order valence-corrected chi connectivity index (χ1v) is 10.3. The predicted octanol–water partition coefficient (Wildman–Crippen LogP) is 4.27. The number of nitrogens with zero attached hydrogens (tertiary/aromatic N) is 3. The summed E-state index contributed by atoms with van der Waals surface area (Å²) in [5, 5.41) is 0.627. The maximum absolute atomic E-state index is 6.44. The number of aromatic amines is 1. The fourth-order valence-electron chi connectivity index (χ4n) is 3.71. The van der Waals surface area contributed by atoms with Crippen LogP contribution in [0, 0.1) is 0 Å². The van der Waals surface area contributed by atoms with Gasteiger partial charge in [0.1, 0.15) is 18.5 Å². The van der Waals surface area contributed by atoms with Crippen LogP contribution in [-0.4, -0.2) is 38.8 Å². The number of ether oxygens (including phenoxy) is 3. The molecule has 2 aromatic carbocycles. The van der Waals surface area contributed by atoms with Gasteiger partial charge in [-0.3, -0.25) is 0 Å². The molecule has 1 saturated heterocycles. The van der Waals surface area contributed by atoms with Gasteiger partial charge in [-0.15, -0.1) is 0 Å². The summed E-state index contributed by atoms with van der Waals surface area (Å²) in [4.78, 5) is 11.4. The van der Waals surface area contributed by atoms with Crippen LogP contribution in [0.3, 0.4) is 0 Å². The Morgan fingerprint density at radius 3 is 2.97 bits per heavy atom. The Morgan fingerprint density at radius 2 is 2.16 bits per heavy atom. The van der Waals surface area contributed by atoms with E-state index in [-0.39, 0.29) is 6.10 Å². The van der Waals surface area contributed by atoms with E-state index in [0.717, 1.165) is 22.6 Å². The van der Waals surface area contributed by atoms with Crippen molar-refractivity contribution in [3.05, 3.63) is 90.4 Å². The zero-order valence-electron chi connectivity index (χ0n) is 16.6. The second-order valence-corrected chi connectivity index (χ2v) is 7.75. The molecule has 1 fully saturated rings. The molecule has 8 heteroatoms. The Morgan fingerprint density at radius 1 is 1.23 bits per heavy atom. The average Bonchev–Trinajstić information content (AvgIpc) is 3.56. The van der Waals surface area contributed by atoms with Gasteiger partial charge in [0, 0.05) is 34.7 Å². The standard InChI is InChI=1S/C23H21ClN4O3/c24-18-5-3-4-17(10-18)23(14-28-9-8-25-16-28)30-13-19(31-23)12-29-22-7-2-1-6-20(22)21-11-26-15-27-21/h1-11,15-16,19H,12-14H2,(H,26,27). The van der Waals surface area contributed by atoms with E-state index in [2.05, 4.69) is 15.0 Å². The zero-order chi connectivity index (χ0) is 21.1. The fraction of sp³-hybridized carbons (Fsp3) is 0.217. The van der Waals surface area contributed by atoms with Crippen LogP contribution in [0.2, 0.25) is 5.02 Å². The number of imidazole rings is 2. The summed E-state index contributed by atoms with van der Waals surface area (Å²) in [6.07, 6.45) is 8.58. The lowest BCUT2D eigenvalue weighted by Gasteiger charge is -2.29. The van der Waals surface area contributed by atoms with Gasteiger partial charge in [0.15, 0.2) is 0 Å². The van der Waals surface area contributed by atoms with Crippen LogP contribution in [0.4, 0.5) is 0 Å². The van der Waals surface area contributed by atoms with Gasteiger partial charge >= 0.3 is 0 Å². The first-order valence-electron chi connectivity index (χ1n) is 9.96. The van der Waals surface area contributed by atoms with Crippen LogP contribution < -0.4 is 4.74 Å². The van der Waals surface area contributed by atoms with Crippen LogP contribution in [0.25, 0.3) is 11.3 Å². The lowest BCUT2D eigenvalue weighted by Crippen LogP contribution is -2.34. The van der Waals surface area contributed by atoms with Crippen LogP contribution in [0.1, 0.15) is 5.56 Å². The molecule has 1 aliphatic rings. The second kappa shape index (κ2) is 8.55. The molecule has 4 aromatic rings. The third kappa shape index (κ3) is 4.20. The molecule has 0 amide bonds. The molecule has 0 saturated carbocycles. The predicted molar refractivity (Wildman–Crippen MR) is 116 cm³/mol. The highest BCUT2D eigenvalue weighted by atomic mass is 35.5. The Kier molecular flexibility index (Phi) is 5.46. The van der Waals surface area contributed by atoms with Crippen molar-refractivity contribution in [1.82, 2.24) is 19.5 Å². The van der Waals surface area contributed by atoms with Crippen molar-refractivity contribution in [2.24, 2.45) is 0 Å². The highest BCUT2D eigenvalue weighted by molar-refractivity contribution is 6.30. The smallest absolute Gasteiger partial charge is 0.214 e. The molecular formula is C23H21ClN4O3. The zero-order valence-corrected chi connectivity index (χ0v) is 17.4. The Balaban J connectivity index is 1.35. The quantitative estimate of drug-likeness (QED) is 0.468. The lowest BCUT2D eigenvalue weighted by atomic mass is 10.1. The molecule has 2 atom stereocenters. The highest BCUT2D eigenvalue weighted by Crippen LogP contribution is 2.37. The van der Waals surface area contributed by atoms with E-state index in [9.17, 15) is 0 Å². The first kappa shape index (κ1) is 19.8. The molecule has 3 heterocycles. The largest absolute Gasteiger partial charge is 0.490 e. The summed E-state index contributed by atoms with van der Waals surface area (Å²) in [6, 6.07) is 15.4. The van der Waals surface area contributed by atoms with E-state index in [1.165, 1.54) is 0 Å². The van der Waals surface area contributed by atoms with E-state index >= 15 is 0 Å². The Bertz CT molecular complexity index is 1130. The topological polar surface area (TPSA) is 74.2 Å². The van der Waals surface area contributed by atoms with Crippen LogP contribution in [0.15, 0.2) is 79.8 Å². The number of hydrogen-bond acceptors (Lipinski definition) is 5. The van der Waals surface area contributed by atoms with Gasteiger partial charge in [-0.1, -0.05) is 35.9 Å². The first-order chi connectivity index (χ1) is 15.2. The summed E-state index contributed by atoms with van der Waals surface area (Å²) in [5.74, 6) is -0.227. The molecule has 1 N–H and O–H groups in total. The van der Waals surface area contributed by atoms with E-state index < -0.39 is 5.79 Å². The SMILES string of the molecule is Clc1cccc(C2(Cn3ccnc3)OCC(COc3ccccc3-c3c[nH]cn3)O2)c1. The maximum Gasteiger partial charge on any atom is 0.214 e. The molecule has 0 spiro atoms. The van der Waals surface area contributed by atoms with Gasteiger partial charge in [0.05, 0.1) is 31.5 Å². The molecule has 1 aliphatic heterocycles. The van der Waals surface area contributed by atoms with Crippen molar-refractivity contribution in [1.29, 1.82) is 0 Å². The second-order valence-electron chi connectivity index (χ2n) is 7.31. The van der Waals surface area contributed by atoms with E-state index in [0.29, 0.717) is 24.8 Å². The number of nitrogens with one attached hydrogen (secondary N) is 1. The summed E-state index contributed by atoms with van der Waals surface area (Å²) < 4.78 is 20.7. The number of halogens is 1. The normalized spacial score (nSPS) is 20.7. The van der Waals surface area contributed by atoms with Crippen molar-refractivity contribution in [2.45, 2.75) is 18.4 Å². The Hall–Kier alpha value is -3.13. The number of aromatic nitrogens is 4. The maximum atomic E-state index is 6.44. The van der Waals surface area contributed by atoms with E-state index in [4.69, 9.17) is 25.8 Å². The lowest BCUT2D eigenvalue weighted by molar-refractivity contribution is -0.189. The summed E-state index contributed by atoms with van der Waals surface area (Å²) in [5.41, 5.74) is 2.60. The molecule has 2 unspecified atom stereocenters. The molecule has 0 radical (unpaired) electrons. The average molecular weight is 437 g/mol. The van der Waals surface area contributed by atoms with Gasteiger partial charge in [-0.25, -0.2) is 9.97 Å². The third-order valence-corrected chi connectivity index (χ3v) is 5.39. The van der Waals surface area contributed by atoms with Crippen LogP contribution in [-0.2, 0) is 21.8 Å². The molecule has 7 nitrogen and oxygen atoms in total. The fourth-order valence-corrected chi connectivity index (χ4v) is 3.90. The van der Waals surface area contributed by atoms with Crippen molar-refractivity contribution >= 4 is 11.6 Å². The minimum atomic E-state index is -0.971. The van der Waals surface area contributed by atoms with Crippen molar-refractivity contribution in [3.8, 4) is 17.0 Å². The Labute approximate surface area is 184 Å². The summed E-state index contributed by atoms with van der Waals surface area (Å²) in [6.45, 7) is 1.19.